The van der Waals surface area contributed by atoms with Crippen LogP contribution in [-0.2, 0) is 22.3 Å². The fraction of sp³-hybridized carbons (Fsp3) is 0.381. The van der Waals surface area contributed by atoms with E-state index in [0.29, 0.717) is 5.56 Å². The van der Waals surface area contributed by atoms with Crippen LogP contribution in [0.3, 0.4) is 0 Å². The van der Waals surface area contributed by atoms with Gasteiger partial charge in [0, 0.05) is 12.7 Å². The number of carbonyl (C=O) groups excluding carboxylic acids is 2. The molecule has 1 atom stereocenters. The van der Waals surface area contributed by atoms with Crippen LogP contribution in [0, 0.1) is 11.7 Å². The molecule has 1 aromatic heterocycles. The normalized spacial score (nSPS) is 20.2. The van der Waals surface area contributed by atoms with E-state index in [1.165, 1.54) is 23.2 Å². The standard InChI is InChI=1S/C21H18ClF4N3O2/c22-15-8-16(23)19(27-9-15)29-11-17(30)28(18(20(29)31)13-2-1-3-13)10-12-4-6-14(7-5-12)21(24,25)26/h4-9,13,18H,1-3,10-11H2/t18-/m0/s1. The van der Waals surface area contributed by atoms with E-state index in [1.54, 1.807) is 0 Å². The minimum absolute atomic E-state index is 0.00571. The van der Waals surface area contributed by atoms with Crippen molar-refractivity contribution in [2.24, 2.45) is 5.92 Å². The number of aromatic nitrogens is 1. The lowest BCUT2D eigenvalue weighted by Crippen LogP contribution is -2.63. The van der Waals surface area contributed by atoms with Gasteiger partial charge < -0.3 is 4.90 Å². The van der Waals surface area contributed by atoms with Crippen LogP contribution in [0.25, 0.3) is 0 Å². The van der Waals surface area contributed by atoms with Crippen molar-refractivity contribution in [3.8, 4) is 0 Å². The van der Waals surface area contributed by atoms with Gasteiger partial charge in [0.1, 0.15) is 12.6 Å². The van der Waals surface area contributed by atoms with Gasteiger partial charge in [0.05, 0.1) is 10.6 Å². The summed E-state index contributed by atoms with van der Waals surface area (Å²) in [5.41, 5.74) is -0.314. The lowest BCUT2D eigenvalue weighted by molar-refractivity contribution is -0.147. The summed E-state index contributed by atoms with van der Waals surface area (Å²) >= 11 is 5.73. The van der Waals surface area contributed by atoms with Crippen molar-refractivity contribution in [1.82, 2.24) is 9.88 Å². The van der Waals surface area contributed by atoms with E-state index in [1.807, 2.05) is 0 Å². The number of piperazine rings is 1. The average molecular weight is 456 g/mol. The molecule has 0 unspecified atom stereocenters. The molecule has 164 valence electrons. The van der Waals surface area contributed by atoms with Crippen LogP contribution in [0.4, 0.5) is 23.4 Å². The number of alkyl halides is 3. The Balaban J connectivity index is 1.61. The molecule has 2 aliphatic rings. The van der Waals surface area contributed by atoms with Crippen molar-refractivity contribution in [2.75, 3.05) is 11.4 Å². The van der Waals surface area contributed by atoms with E-state index in [0.717, 1.165) is 42.4 Å². The molecule has 1 saturated heterocycles. The minimum atomic E-state index is -4.46. The Morgan fingerprint density at radius 3 is 2.35 bits per heavy atom. The Hall–Kier alpha value is -2.68. The smallest absolute Gasteiger partial charge is 0.324 e. The Labute approximate surface area is 180 Å². The first-order valence-corrected chi connectivity index (χ1v) is 10.1. The monoisotopic (exact) mass is 455 g/mol. The summed E-state index contributed by atoms with van der Waals surface area (Å²) in [6, 6.07) is 4.69. The second-order valence-electron chi connectivity index (χ2n) is 7.74. The molecule has 1 saturated carbocycles. The molecule has 1 aliphatic carbocycles. The zero-order valence-corrected chi connectivity index (χ0v) is 17.0. The number of halogens is 5. The molecule has 0 radical (unpaired) electrons. The molecule has 1 aliphatic heterocycles. The highest BCUT2D eigenvalue weighted by Crippen LogP contribution is 2.37. The summed E-state index contributed by atoms with van der Waals surface area (Å²) in [5, 5.41) is 0.0662. The molecule has 2 amide bonds. The maximum atomic E-state index is 14.4. The number of rotatable bonds is 4. The lowest BCUT2D eigenvalue weighted by Gasteiger charge is -2.45. The highest BCUT2D eigenvalue weighted by Gasteiger charge is 2.46. The van der Waals surface area contributed by atoms with Crippen molar-refractivity contribution in [3.05, 3.63) is 58.5 Å². The molecule has 2 aromatic rings. The van der Waals surface area contributed by atoms with Gasteiger partial charge in [-0.2, -0.15) is 13.2 Å². The fourth-order valence-corrected chi connectivity index (χ4v) is 4.08. The summed E-state index contributed by atoms with van der Waals surface area (Å²) in [6.07, 6.45) is -0.885. The number of carbonyl (C=O) groups is 2. The molecule has 4 rings (SSSR count). The second-order valence-corrected chi connectivity index (χ2v) is 8.17. The van der Waals surface area contributed by atoms with Gasteiger partial charge in [-0.1, -0.05) is 30.2 Å². The van der Waals surface area contributed by atoms with Gasteiger partial charge in [-0.3, -0.25) is 14.5 Å². The Kier molecular flexibility index (Phi) is 5.63. The maximum Gasteiger partial charge on any atom is 0.416 e. The zero-order chi connectivity index (χ0) is 22.3. The minimum Gasteiger partial charge on any atom is -0.324 e. The topological polar surface area (TPSA) is 53.5 Å². The van der Waals surface area contributed by atoms with Crippen molar-refractivity contribution in [3.63, 3.8) is 0 Å². The molecule has 2 fully saturated rings. The summed E-state index contributed by atoms with van der Waals surface area (Å²) in [4.78, 5) is 32.5. The van der Waals surface area contributed by atoms with Gasteiger partial charge in [-0.25, -0.2) is 9.37 Å². The predicted molar refractivity (Wildman–Crippen MR) is 105 cm³/mol. The van der Waals surface area contributed by atoms with Crippen molar-refractivity contribution < 1.29 is 27.2 Å². The molecule has 31 heavy (non-hydrogen) atoms. The van der Waals surface area contributed by atoms with Crippen molar-refractivity contribution in [2.45, 2.75) is 38.0 Å². The number of pyridine rings is 1. The van der Waals surface area contributed by atoms with Crippen LogP contribution in [0.15, 0.2) is 36.5 Å². The molecule has 5 nitrogen and oxygen atoms in total. The number of hydrogen-bond acceptors (Lipinski definition) is 3. The van der Waals surface area contributed by atoms with Gasteiger partial charge in [0.2, 0.25) is 5.91 Å². The quantitative estimate of drug-likeness (QED) is 0.641. The Bertz CT molecular complexity index is 1010. The SMILES string of the molecule is O=C1[C@H](C2CCC2)N(Cc2ccc(C(F)(F)F)cc2)C(=O)CN1c1ncc(Cl)cc1F. The first-order chi connectivity index (χ1) is 14.6. The van der Waals surface area contributed by atoms with Gasteiger partial charge in [0.15, 0.2) is 11.6 Å². The van der Waals surface area contributed by atoms with E-state index in [-0.39, 0.29) is 23.3 Å². The molecular weight excluding hydrogens is 438 g/mol. The van der Waals surface area contributed by atoms with E-state index >= 15 is 0 Å². The van der Waals surface area contributed by atoms with E-state index in [4.69, 9.17) is 11.6 Å². The van der Waals surface area contributed by atoms with Crippen LogP contribution < -0.4 is 4.90 Å². The lowest BCUT2D eigenvalue weighted by atomic mass is 9.77. The molecule has 0 bridgehead atoms. The highest BCUT2D eigenvalue weighted by molar-refractivity contribution is 6.30. The van der Waals surface area contributed by atoms with Crippen LogP contribution >= 0.6 is 11.6 Å². The third kappa shape index (κ3) is 4.23. The van der Waals surface area contributed by atoms with E-state index < -0.39 is 42.0 Å². The molecule has 2 heterocycles. The van der Waals surface area contributed by atoms with Gasteiger partial charge in [-0.15, -0.1) is 0 Å². The summed E-state index contributed by atoms with van der Waals surface area (Å²) in [5.74, 6) is -2.04. The second kappa shape index (κ2) is 8.11. The number of hydrogen-bond donors (Lipinski definition) is 0. The molecule has 0 N–H and O–H groups in total. The van der Waals surface area contributed by atoms with E-state index in [2.05, 4.69) is 4.98 Å². The number of nitrogens with zero attached hydrogens (tertiary/aromatic N) is 3. The molecule has 0 spiro atoms. The van der Waals surface area contributed by atoms with Gasteiger partial charge >= 0.3 is 6.18 Å². The Morgan fingerprint density at radius 1 is 1.13 bits per heavy atom. The molecule has 1 aromatic carbocycles. The number of amides is 2. The molecule has 10 heteroatoms. The van der Waals surface area contributed by atoms with Gasteiger partial charge in [0.25, 0.3) is 5.91 Å². The number of anilines is 1. The highest BCUT2D eigenvalue weighted by atomic mass is 35.5. The van der Waals surface area contributed by atoms with Crippen molar-refractivity contribution >= 4 is 29.2 Å². The summed E-state index contributed by atoms with van der Waals surface area (Å²) in [6.45, 7) is -0.414. The predicted octanol–water partition coefficient (Wildman–Crippen LogP) is 4.44. The molecular formula is C21H18ClF4N3O2. The third-order valence-electron chi connectivity index (χ3n) is 5.74. The zero-order valence-electron chi connectivity index (χ0n) is 16.2. The van der Waals surface area contributed by atoms with Crippen LogP contribution in [0.1, 0.15) is 30.4 Å². The summed E-state index contributed by atoms with van der Waals surface area (Å²) in [7, 11) is 0. The van der Waals surface area contributed by atoms with Crippen LogP contribution in [0.2, 0.25) is 5.02 Å². The number of benzene rings is 1. The van der Waals surface area contributed by atoms with Crippen molar-refractivity contribution in [1.29, 1.82) is 0 Å². The van der Waals surface area contributed by atoms with Crippen LogP contribution in [-0.4, -0.2) is 34.3 Å². The first-order valence-electron chi connectivity index (χ1n) is 9.73. The van der Waals surface area contributed by atoms with Gasteiger partial charge in [-0.05, 0) is 42.5 Å². The average Bonchev–Trinajstić information content (AvgIpc) is 2.66. The summed E-state index contributed by atoms with van der Waals surface area (Å²) < 4.78 is 52.8. The largest absolute Gasteiger partial charge is 0.416 e. The van der Waals surface area contributed by atoms with Crippen LogP contribution in [0.5, 0.6) is 0 Å². The van der Waals surface area contributed by atoms with E-state index in [9.17, 15) is 27.2 Å². The third-order valence-corrected chi connectivity index (χ3v) is 5.95. The maximum absolute atomic E-state index is 14.4. The Morgan fingerprint density at radius 2 is 1.81 bits per heavy atom. The first kappa shape index (κ1) is 21.5. The fourth-order valence-electron chi connectivity index (χ4n) is 3.93.